The summed E-state index contributed by atoms with van der Waals surface area (Å²) in [5.41, 5.74) is 0. The van der Waals surface area contributed by atoms with Gasteiger partial charge < -0.3 is 24.3 Å². The number of benzene rings is 1. The Labute approximate surface area is 121 Å². The van der Waals surface area contributed by atoms with Crippen molar-refractivity contribution in [3.05, 3.63) is 24.5 Å². The van der Waals surface area contributed by atoms with Crippen molar-refractivity contribution in [2.75, 3.05) is 25.8 Å². The number of fused-ring (bicyclic) bond motifs is 1. The molecule has 3 rings (SSSR count). The SMILES string of the molecule is CCNc1ncnc(Oc2ccc3c(c2)OCO3)c1OC. The fourth-order valence-corrected chi connectivity index (χ4v) is 1.96. The maximum absolute atomic E-state index is 5.76. The zero-order chi connectivity index (χ0) is 14.7. The van der Waals surface area contributed by atoms with Crippen LogP contribution in [0.2, 0.25) is 0 Å². The fourth-order valence-electron chi connectivity index (χ4n) is 1.96. The molecule has 0 atom stereocenters. The molecule has 0 spiro atoms. The molecule has 0 saturated heterocycles. The molecule has 2 aromatic rings. The maximum Gasteiger partial charge on any atom is 0.268 e. The second kappa shape index (κ2) is 5.74. The van der Waals surface area contributed by atoms with E-state index in [2.05, 4.69) is 15.3 Å². The number of aromatic nitrogens is 2. The monoisotopic (exact) mass is 289 g/mol. The van der Waals surface area contributed by atoms with E-state index in [1.165, 1.54) is 6.33 Å². The lowest BCUT2D eigenvalue weighted by Crippen LogP contribution is -2.04. The summed E-state index contributed by atoms with van der Waals surface area (Å²) in [6, 6.07) is 5.31. The van der Waals surface area contributed by atoms with Gasteiger partial charge in [-0.15, -0.1) is 0 Å². The number of nitrogens with one attached hydrogen (secondary N) is 1. The highest BCUT2D eigenvalue weighted by atomic mass is 16.7. The summed E-state index contributed by atoms with van der Waals surface area (Å²) in [6.07, 6.45) is 1.42. The molecule has 0 bridgehead atoms. The number of hydrogen-bond acceptors (Lipinski definition) is 7. The third-order valence-electron chi connectivity index (χ3n) is 2.88. The van der Waals surface area contributed by atoms with Gasteiger partial charge >= 0.3 is 0 Å². The van der Waals surface area contributed by atoms with Crippen molar-refractivity contribution in [2.45, 2.75) is 6.92 Å². The van der Waals surface area contributed by atoms with E-state index in [9.17, 15) is 0 Å². The maximum atomic E-state index is 5.76. The van der Waals surface area contributed by atoms with Gasteiger partial charge in [0.2, 0.25) is 12.5 Å². The standard InChI is InChI=1S/C14H15N3O4/c1-3-15-13-12(18-2)14(17-7-16-13)21-9-4-5-10-11(6-9)20-8-19-10/h4-7H,3,8H2,1-2H3,(H,15,16,17). The topological polar surface area (TPSA) is 74.7 Å². The Morgan fingerprint density at radius 2 is 2.10 bits per heavy atom. The highest BCUT2D eigenvalue weighted by Gasteiger charge is 2.17. The first-order valence-corrected chi connectivity index (χ1v) is 6.52. The van der Waals surface area contributed by atoms with Crippen molar-refractivity contribution >= 4 is 5.82 Å². The van der Waals surface area contributed by atoms with Crippen LogP contribution < -0.4 is 24.3 Å². The lowest BCUT2D eigenvalue weighted by Gasteiger charge is -2.12. The van der Waals surface area contributed by atoms with Gasteiger partial charge in [-0.2, -0.15) is 4.98 Å². The number of ether oxygens (including phenoxy) is 4. The molecular weight excluding hydrogens is 274 g/mol. The molecule has 0 saturated carbocycles. The van der Waals surface area contributed by atoms with E-state index >= 15 is 0 Å². The predicted octanol–water partition coefficient (Wildman–Crippen LogP) is 2.44. The molecule has 110 valence electrons. The van der Waals surface area contributed by atoms with Crippen molar-refractivity contribution in [3.63, 3.8) is 0 Å². The van der Waals surface area contributed by atoms with Crippen molar-refractivity contribution in [2.24, 2.45) is 0 Å². The summed E-state index contributed by atoms with van der Waals surface area (Å²) < 4.78 is 21.7. The minimum Gasteiger partial charge on any atom is -0.489 e. The highest BCUT2D eigenvalue weighted by molar-refractivity contribution is 5.56. The summed E-state index contributed by atoms with van der Waals surface area (Å²) in [6.45, 7) is 2.91. The van der Waals surface area contributed by atoms with E-state index in [-0.39, 0.29) is 6.79 Å². The quantitative estimate of drug-likeness (QED) is 0.906. The Morgan fingerprint density at radius 3 is 2.90 bits per heavy atom. The van der Waals surface area contributed by atoms with Gasteiger partial charge in [0.1, 0.15) is 12.1 Å². The van der Waals surface area contributed by atoms with Crippen LogP contribution in [0, 0.1) is 0 Å². The van der Waals surface area contributed by atoms with Gasteiger partial charge in [0.25, 0.3) is 5.88 Å². The van der Waals surface area contributed by atoms with Crippen LogP contribution in [0.1, 0.15) is 6.92 Å². The van der Waals surface area contributed by atoms with Gasteiger partial charge in [-0.25, -0.2) is 4.98 Å². The van der Waals surface area contributed by atoms with Gasteiger partial charge in [-0.05, 0) is 19.1 Å². The molecule has 1 aromatic carbocycles. The normalized spacial score (nSPS) is 12.1. The van der Waals surface area contributed by atoms with Gasteiger partial charge in [0, 0.05) is 12.6 Å². The predicted molar refractivity (Wildman–Crippen MR) is 75.4 cm³/mol. The van der Waals surface area contributed by atoms with Gasteiger partial charge in [0.15, 0.2) is 17.3 Å². The molecule has 1 N–H and O–H groups in total. The Kier molecular flexibility index (Phi) is 3.63. The van der Waals surface area contributed by atoms with E-state index in [4.69, 9.17) is 18.9 Å². The molecule has 0 fully saturated rings. The summed E-state index contributed by atoms with van der Waals surface area (Å²) in [5.74, 6) is 3.31. The van der Waals surface area contributed by atoms with E-state index < -0.39 is 0 Å². The number of nitrogens with zero attached hydrogens (tertiary/aromatic N) is 2. The molecule has 0 unspecified atom stereocenters. The van der Waals surface area contributed by atoms with Crippen LogP contribution in [-0.2, 0) is 0 Å². The van der Waals surface area contributed by atoms with Crippen molar-refractivity contribution < 1.29 is 18.9 Å². The number of rotatable bonds is 5. The molecule has 1 aromatic heterocycles. The first-order chi connectivity index (χ1) is 10.3. The summed E-state index contributed by atoms with van der Waals surface area (Å²) in [7, 11) is 1.55. The van der Waals surface area contributed by atoms with Crippen LogP contribution in [-0.4, -0.2) is 30.4 Å². The van der Waals surface area contributed by atoms with Crippen LogP contribution in [0.5, 0.6) is 28.9 Å². The van der Waals surface area contributed by atoms with E-state index in [1.807, 2.05) is 6.92 Å². The van der Waals surface area contributed by atoms with Crippen LogP contribution in [0.25, 0.3) is 0 Å². The van der Waals surface area contributed by atoms with Crippen molar-refractivity contribution in [3.8, 4) is 28.9 Å². The summed E-state index contributed by atoms with van der Waals surface area (Å²) in [5, 5.41) is 3.09. The second-order valence-electron chi connectivity index (χ2n) is 4.21. The average Bonchev–Trinajstić information content (AvgIpc) is 2.95. The summed E-state index contributed by atoms with van der Waals surface area (Å²) in [4.78, 5) is 8.24. The minimum absolute atomic E-state index is 0.222. The number of hydrogen-bond donors (Lipinski definition) is 1. The zero-order valence-electron chi connectivity index (χ0n) is 11.8. The molecule has 0 amide bonds. The largest absolute Gasteiger partial charge is 0.489 e. The van der Waals surface area contributed by atoms with Crippen LogP contribution in [0.3, 0.4) is 0 Å². The smallest absolute Gasteiger partial charge is 0.268 e. The zero-order valence-corrected chi connectivity index (χ0v) is 11.8. The van der Waals surface area contributed by atoms with E-state index in [0.717, 1.165) is 6.54 Å². The van der Waals surface area contributed by atoms with E-state index in [0.29, 0.717) is 34.7 Å². The molecule has 1 aliphatic rings. The van der Waals surface area contributed by atoms with Gasteiger partial charge in [-0.1, -0.05) is 0 Å². The molecule has 1 aliphatic heterocycles. The highest BCUT2D eigenvalue weighted by Crippen LogP contribution is 2.39. The summed E-state index contributed by atoms with van der Waals surface area (Å²) >= 11 is 0. The lowest BCUT2D eigenvalue weighted by molar-refractivity contribution is 0.174. The Morgan fingerprint density at radius 1 is 1.24 bits per heavy atom. The third-order valence-corrected chi connectivity index (χ3v) is 2.88. The molecular formula is C14H15N3O4. The first-order valence-electron chi connectivity index (χ1n) is 6.52. The molecule has 7 nitrogen and oxygen atoms in total. The third kappa shape index (κ3) is 2.62. The number of anilines is 1. The number of methoxy groups -OCH3 is 1. The minimum atomic E-state index is 0.222. The van der Waals surface area contributed by atoms with Crippen molar-refractivity contribution in [1.29, 1.82) is 0 Å². The van der Waals surface area contributed by atoms with Crippen LogP contribution >= 0.6 is 0 Å². The van der Waals surface area contributed by atoms with Crippen LogP contribution in [0.4, 0.5) is 5.82 Å². The Hall–Kier alpha value is -2.70. The lowest BCUT2D eigenvalue weighted by atomic mass is 10.3. The van der Waals surface area contributed by atoms with Gasteiger partial charge in [0.05, 0.1) is 7.11 Å². The average molecular weight is 289 g/mol. The molecule has 0 aliphatic carbocycles. The second-order valence-corrected chi connectivity index (χ2v) is 4.21. The Balaban J connectivity index is 1.89. The molecule has 2 heterocycles. The van der Waals surface area contributed by atoms with Crippen molar-refractivity contribution in [1.82, 2.24) is 9.97 Å². The Bertz CT molecular complexity index is 648. The molecule has 21 heavy (non-hydrogen) atoms. The molecule has 0 radical (unpaired) electrons. The van der Waals surface area contributed by atoms with E-state index in [1.54, 1.807) is 25.3 Å². The molecule has 7 heteroatoms. The van der Waals surface area contributed by atoms with Crippen LogP contribution in [0.15, 0.2) is 24.5 Å². The fraction of sp³-hybridized carbons (Fsp3) is 0.286. The van der Waals surface area contributed by atoms with Gasteiger partial charge in [-0.3, -0.25) is 0 Å². The first kappa shape index (κ1) is 13.3.